The lowest BCUT2D eigenvalue weighted by Crippen LogP contribution is -2.50. The largest absolute Gasteiger partial charge is 0.461 e. The van der Waals surface area contributed by atoms with Crippen molar-refractivity contribution in [2.45, 2.75) is 43.9 Å². The Morgan fingerprint density at radius 3 is 2.71 bits per heavy atom. The van der Waals surface area contributed by atoms with Crippen molar-refractivity contribution in [2.75, 3.05) is 5.73 Å². The van der Waals surface area contributed by atoms with E-state index in [1.165, 1.54) is 4.52 Å². The molecule has 5 aromatic rings. The lowest BCUT2D eigenvalue weighted by atomic mass is 9.90. The van der Waals surface area contributed by atoms with Crippen LogP contribution in [0.2, 0.25) is 0 Å². The maximum Gasteiger partial charge on any atom is 0.252 e. The molecule has 1 aliphatic rings. The van der Waals surface area contributed by atoms with E-state index < -0.39 is 11.6 Å². The highest BCUT2D eigenvalue weighted by Crippen LogP contribution is 2.32. The highest BCUT2D eigenvalue weighted by atomic mass is 16.3. The third kappa shape index (κ3) is 3.35. The van der Waals surface area contributed by atoms with Crippen LogP contribution in [0.5, 0.6) is 0 Å². The van der Waals surface area contributed by atoms with Crippen LogP contribution in [0.1, 0.15) is 31.7 Å². The molecule has 1 unspecified atom stereocenters. The van der Waals surface area contributed by atoms with Gasteiger partial charge in [-0.3, -0.25) is 4.79 Å². The number of carbonyl (C=O) groups excluding carboxylic acids is 1. The average molecular weight is 473 g/mol. The SMILES string of the molecule is CC(C(=O)N[C@H]1CC[C@H](O)C1)(c1ccccc1)n1ncc2c1nc(N)n1nc(-c3ccco3)nc21. The molecule has 1 aromatic carbocycles. The third-order valence-corrected chi connectivity index (χ3v) is 6.71. The molecule has 0 spiro atoms. The van der Waals surface area contributed by atoms with Crippen LogP contribution in [0.4, 0.5) is 5.95 Å². The molecule has 0 aliphatic heterocycles. The van der Waals surface area contributed by atoms with Crippen molar-refractivity contribution in [1.82, 2.24) is 34.7 Å². The zero-order valence-corrected chi connectivity index (χ0v) is 19.0. The van der Waals surface area contributed by atoms with Gasteiger partial charge in [0, 0.05) is 6.04 Å². The van der Waals surface area contributed by atoms with E-state index in [-0.39, 0.29) is 17.9 Å². The van der Waals surface area contributed by atoms with E-state index in [4.69, 9.17) is 10.2 Å². The van der Waals surface area contributed by atoms with E-state index >= 15 is 0 Å². The minimum atomic E-state index is -1.24. The number of rotatable bonds is 5. The minimum absolute atomic E-state index is 0.106. The Balaban J connectivity index is 1.51. The van der Waals surface area contributed by atoms with E-state index in [0.717, 1.165) is 12.0 Å². The van der Waals surface area contributed by atoms with Crippen LogP contribution in [-0.2, 0) is 10.3 Å². The van der Waals surface area contributed by atoms with Crippen molar-refractivity contribution in [3.05, 3.63) is 60.5 Å². The summed E-state index contributed by atoms with van der Waals surface area (Å²) in [7, 11) is 0. The standard InChI is InChI=1S/C24H24N8O3/c1-24(14-6-3-2-4-7-14,22(34)27-15-9-10-16(33)12-15)32-21-17(13-26-32)20-28-19(18-8-5-11-35-18)30-31(20)23(25)29-21/h2-8,11,13,15-16,33H,9-10,12H2,1H3,(H2,25,29)(H,27,34)/t15-,16-,24?/m0/s1. The monoisotopic (exact) mass is 472 g/mol. The van der Waals surface area contributed by atoms with Gasteiger partial charge in [-0.25, -0.2) is 9.67 Å². The van der Waals surface area contributed by atoms with E-state index in [9.17, 15) is 9.90 Å². The van der Waals surface area contributed by atoms with Gasteiger partial charge < -0.3 is 20.6 Å². The van der Waals surface area contributed by atoms with Gasteiger partial charge in [-0.05, 0) is 43.9 Å². The lowest BCUT2D eigenvalue weighted by molar-refractivity contribution is -0.128. The van der Waals surface area contributed by atoms with Crippen LogP contribution < -0.4 is 11.1 Å². The number of amides is 1. The second-order valence-corrected chi connectivity index (χ2v) is 8.99. The Morgan fingerprint density at radius 1 is 1.17 bits per heavy atom. The summed E-state index contributed by atoms with van der Waals surface area (Å²) in [4.78, 5) is 23.0. The number of aromatic nitrogens is 6. The highest BCUT2D eigenvalue weighted by Gasteiger charge is 2.41. The number of furan rings is 1. The van der Waals surface area contributed by atoms with Crippen LogP contribution in [0.15, 0.2) is 59.3 Å². The Labute approximate surface area is 199 Å². The van der Waals surface area contributed by atoms with Gasteiger partial charge >= 0.3 is 0 Å². The topological polar surface area (TPSA) is 149 Å². The number of nitrogens with one attached hydrogen (secondary N) is 1. The van der Waals surface area contributed by atoms with Crippen molar-refractivity contribution < 1.29 is 14.3 Å². The minimum Gasteiger partial charge on any atom is -0.461 e. The van der Waals surface area contributed by atoms with Gasteiger partial charge in [0.1, 0.15) is 0 Å². The summed E-state index contributed by atoms with van der Waals surface area (Å²) in [5.74, 6) is 0.730. The number of benzene rings is 1. The van der Waals surface area contributed by atoms with Crippen LogP contribution >= 0.6 is 0 Å². The van der Waals surface area contributed by atoms with Gasteiger partial charge in [-0.15, -0.1) is 5.10 Å². The molecule has 0 bridgehead atoms. The zero-order chi connectivity index (χ0) is 24.2. The van der Waals surface area contributed by atoms with Gasteiger partial charge in [0.05, 0.1) is 24.0 Å². The predicted octanol–water partition coefficient (Wildman–Crippen LogP) is 2.11. The first-order valence-electron chi connectivity index (χ1n) is 11.4. The summed E-state index contributed by atoms with van der Waals surface area (Å²) in [5.41, 5.74) is 6.63. The molecule has 1 saturated carbocycles. The van der Waals surface area contributed by atoms with Crippen molar-refractivity contribution in [3.8, 4) is 11.6 Å². The first kappa shape index (κ1) is 21.3. The number of hydrogen-bond donors (Lipinski definition) is 3. The van der Waals surface area contributed by atoms with E-state index in [1.807, 2.05) is 30.3 Å². The molecular formula is C24H24N8O3. The Morgan fingerprint density at radius 2 is 2.00 bits per heavy atom. The van der Waals surface area contributed by atoms with Crippen LogP contribution in [0, 0.1) is 0 Å². The predicted molar refractivity (Wildman–Crippen MR) is 127 cm³/mol. The summed E-state index contributed by atoms with van der Waals surface area (Å²) in [6.07, 6.45) is 4.67. The molecule has 178 valence electrons. The molecule has 3 atom stereocenters. The summed E-state index contributed by atoms with van der Waals surface area (Å²) < 4.78 is 8.45. The Hall–Kier alpha value is -4.25. The molecule has 4 N–H and O–H groups in total. The lowest BCUT2D eigenvalue weighted by Gasteiger charge is -2.31. The quantitative estimate of drug-likeness (QED) is 0.352. The summed E-state index contributed by atoms with van der Waals surface area (Å²) in [6.45, 7) is 1.80. The Kier molecular flexibility index (Phi) is 4.81. The first-order valence-corrected chi connectivity index (χ1v) is 11.4. The normalized spacial score (nSPS) is 19.8. The second kappa shape index (κ2) is 7.91. The number of hydrogen-bond acceptors (Lipinski definition) is 8. The summed E-state index contributed by atoms with van der Waals surface area (Å²) in [6, 6.07) is 12.8. The fourth-order valence-electron chi connectivity index (χ4n) is 4.77. The highest BCUT2D eigenvalue weighted by molar-refractivity contribution is 5.94. The van der Waals surface area contributed by atoms with Crippen molar-refractivity contribution in [1.29, 1.82) is 0 Å². The molecule has 1 aliphatic carbocycles. The number of nitrogen functional groups attached to an aromatic ring is 1. The molecule has 6 rings (SSSR count). The number of fused-ring (bicyclic) bond motifs is 3. The molecule has 11 heteroatoms. The molecule has 0 saturated heterocycles. The van der Waals surface area contributed by atoms with Crippen LogP contribution in [0.25, 0.3) is 28.3 Å². The van der Waals surface area contributed by atoms with Gasteiger partial charge in [0.15, 0.2) is 22.6 Å². The van der Waals surface area contributed by atoms with Crippen molar-refractivity contribution in [2.24, 2.45) is 0 Å². The summed E-state index contributed by atoms with van der Waals surface area (Å²) in [5, 5.41) is 22.7. The van der Waals surface area contributed by atoms with Crippen LogP contribution in [0.3, 0.4) is 0 Å². The maximum atomic E-state index is 13.8. The zero-order valence-electron chi connectivity index (χ0n) is 19.0. The third-order valence-electron chi connectivity index (χ3n) is 6.71. The molecule has 1 fully saturated rings. The van der Waals surface area contributed by atoms with Crippen molar-refractivity contribution >= 4 is 28.5 Å². The van der Waals surface area contributed by atoms with E-state index in [0.29, 0.717) is 41.1 Å². The molecule has 1 amide bonds. The summed E-state index contributed by atoms with van der Waals surface area (Å²) >= 11 is 0. The molecule has 4 heterocycles. The second-order valence-electron chi connectivity index (χ2n) is 8.99. The van der Waals surface area contributed by atoms with E-state index in [1.54, 1.807) is 36.2 Å². The number of anilines is 1. The molecule has 11 nitrogen and oxygen atoms in total. The van der Waals surface area contributed by atoms with Gasteiger partial charge in [-0.1, -0.05) is 30.3 Å². The fraction of sp³-hybridized carbons (Fsp3) is 0.292. The number of aliphatic hydroxyl groups is 1. The smallest absolute Gasteiger partial charge is 0.252 e. The average Bonchev–Trinajstić information content (AvgIpc) is 3.65. The number of aliphatic hydroxyl groups excluding tert-OH is 1. The first-order chi connectivity index (χ1) is 16.9. The molecule has 0 radical (unpaired) electrons. The fourth-order valence-corrected chi connectivity index (χ4v) is 4.77. The van der Waals surface area contributed by atoms with Gasteiger partial charge in [0.25, 0.3) is 5.91 Å². The van der Waals surface area contributed by atoms with Crippen LogP contribution in [-0.4, -0.2) is 52.5 Å². The molecule has 4 aromatic heterocycles. The number of carbonyl (C=O) groups is 1. The Bertz CT molecular complexity index is 1520. The number of nitrogens with two attached hydrogens (primary N) is 1. The van der Waals surface area contributed by atoms with E-state index in [2.05, 4.69) is 25.5 Å². The van der Waals surface area contributed by atoms with Gasteiger partial charge in [-0.2, -0.15) is 14.6 Å². The molecular weight excluding hydrogens is 448 g/mol. The number of nitrogens with zero attached hydrogens (tertiary/aromatic N) is 6. The van der Waals surface area contributed by atoms with Gasteiger partial charge in [0.2, 0.25) is 11.8 Å². The molecule has 35 heavy (non-hydrogen) atoms. The van der Waals surface area contributed by atoms with Crippen molar-refractivity contribution in [3.63, 3.8) is 0 Å². The maximum absolute atomic E-state index is 13.8.